The summed E-state index contributed by atoms with van der Waals surface area (Å²) >= 11 is 0. The van der Waals surface area contributed by atoms with Crippen LogP contribution in [-0.4, -0.2) is 25.0 Å². The minimum absolute atomic E-state index is 0.0426. The van der Waals surface area contributed by atoms with Crippen molar-refractivity contribution in [1.82, 2.24) is 5.32 Å². The molecule has 2 rings (SSSR count). The third-order valence-corrected chi connectivity index (χ3v) is 3.04. The topological polar surface area (TPSA) is 32.3 Å². The van der Waals surface area contributed by atoms with Gasteiger partial charge in [-0.15, -0.1) is 0 Å². The van der Waals surface area contributed by atoms with Crippen molar-refractivity contribution in [3.63, 3.8) is 0 Å². The van der Waals surface area contributed by atoms with Gasteiger partial charge in [0.15, 0.2) is 0 Å². The van der Waals surface area contributed by atoms with E-state index in [-0.39, 0.29) is 17.8 Å². The number of amides is 1. The lowest BCUT2D eigenvalue weighted by atomic mass is 10.1. The molecule has 1 heterocycles. The maximum absolute atomic E-state index is 12.9. The number of rotatable bonds is 1. The molecule has 3 nitrogen and oxygen atoms in total. The minimum Gasteiger partial charge on any atom is -0.311 e. The molecule has 1 aromatic rings. The molecule has 0 spiro atoms. The quantitative estimate of drug-likeness (QED) is 0.806. The van der Waals surface area contributed by atoms with E-state index in [2.05, 4.69) is 12.2 Å². The number of hydrogen-bond acceptors (Lipinski definition) is 2. The maximum Gasteiger partial charge on any atom is 0.243 e. The molecule has 1 aliphatic heterocycles. The van der Waals surface area contributed by atoms with Gasteiger partial charge in [-0.2, -0.15) is 0 Å². The Kier molecular flexibility index (Phi) is 3.43. The van der Waals surface area contributed by atoms with E-state index in [0.717, 1.165) is 12.2 Å². The van der Waals surface area contributed by atoms with Crippen molar-refractivity contribution in [2.45, 2.75) is 19.9 Å². The SMILES string of the molecule is CC1CNC(C)C(=O)N(c2ccc(F)cc2)C1. The lowest BCUT2D eigenvalue weighted by molar-refractivity contribution is -0.119. The second-order valence-electron chi connectivity index (χ2n) is 4.66. The third kappa shape index (κ3) is 2.64. The van der Waals surface area contributed by atoms with Gasteiger partial charge in [0, 0.05) is 18.8 Å². The summed E-state index contributed by atoms with van der Waals surface area (Å²) in [5.41, 5.74) is 0.763. The van der Waals surface area contributed by atoms with Crippen LogP contribution in [-0.2, 0) is 4.79 Å². The molecule has 17 heavy (non-hydrogen) atoms. The van der Waals surface area contributed by atoms with E-state index >= 15 is 0 Å². The molecule has 1 aliphatic rings. The Hall–Kier alpha value is -1.42. The molecule has 0 bridgehead atoms. The van der Waals surface area contributed by atoms with E-state index < -0.39 is 0 Å². The molecule has 1 saturated heterocycles. The molecule has 92 valence electrons. The number of benzene rings is 1. The first-order valence-electron chi connectivity index (χ1n) is 5.88. The van der Waals surface area contributed by atoms with Crippen molar-refractivity contribution >= 4 is 11.6 Å². The number of anilines is 1. The van der Waals surface area contributed by atoms with E-state index in [0.29, 0.717) is 12.5 Å². The Morgan fingerprint density at radius 2 is 1.94 bits per heavy atom. The number of carbonyl (C=O) groups excluding carboxylic acids is 1. The number of hydrogen-bond donors (Lipinski definition) is 1. The van der Waals surface area contributed by atoms with Crippen LogP contribution < -0.4 is 10.2 Å². The van der Waals surface area contributed by atoms with Gasteiger partial charge in [-0.25, -0.2) is 4.39 Å². The summed E-state index contributed by atoms with van der Waals surface area (Å²) in [6.07, 6.45) is 0. The van der Waals surface area contributed by atoms with Crippen LogP contribution in [0.15, 0.2) is 24.3 Å². The number of nitrogens with one attached hydrogen (secondary N) is 1. The fourth-order valence-electron chi connectivity index (χ4n) is 2.02. The third-order valence-electron chi connectivity index (χ3n) is 3.04. The molecule has 1 N–H and O–H groups in total. The highest BCUT2D eigenvalue weighted by atomic mass is 19.1. The molecule has 0 aromatic heterocycles. The fourth-order valence-corrected chi connectivity index (χ4v) is 2.02. The second-order valence-corrected chi connectivity index (χ2v) is 4.66. The van der Waals surface area contributed by atoms with Gasteiger partial charge in [0.2, 0.25) is 5.91 Å². The van der Waals surface area contributed by atoms with Crippen molar-refractivity contribution < 1.29 is 9.18 Å². The standard InChI is InChI=1S/C13H17FN2O/c1-9-7-15-10(2)13(17)16(8-9)12-5-3-11(14)4-6-12/h3-6,9-10,15H,7-8H2,1-2H3. The van der Waals surface area contributed by atoms with E-state index in [1.165, 1.54) is 12.1 Å². The minimum atomic E-state index is -0.282. The van der Waals surface area contributed by atoms with Crippen LogP contribution in [0.2, 0.25) is 0 Å². The van der Waals surface area contributed by atoms with E-state index in [1.807, 2.05) is 6.92 Å². The monoisotopic (exact) mass is 236 g/mol. The average Bonchev–Trinajstić information content (AvgIpc) is 2.44. The summed E-state index contributed by atoms with van der Waals surface area (Å²) in [5, 5.41) is 3.19. The molecule has 0 aliphatic carbocycles. The maximum atomic E-state index is 12.9. The molecule has 1 amide bonds. The van der Waals surface area contributed by atoms with Crippen molar-refractivity contribution in [2.75, 3.05) is 18.0 Å². The van der Waals surface area contributed by atoms with E-state index in [9.17, 15) is 9.18 Å². The summed E-state index contributed by atoms with van der Waals surface area (Å²) < 4.78 is 12.9. The van der Waals surface area contributed by atoms with Crippen molar-refractivity contribution in [2.24, 2.45) is 5.92 Å². The van der Waals surface area contributed by atoms with Gasteiger partial charge in [0.25, 0.3) is 0 Å². The summed E-state index contributed by atoms with van der Waals surface area (Å²) in [6.45, 7) is 5.44. The summed E-state index contributed by atoms with van der Waals surface area (Å²) in [7, 11) is 0. The molecule has 4 heteroatoms. The Labute approximate surface area is 101 Å². The highest BCUT2D eigenvalue weighted by Crippen LogP contribution is 2.19. The van der Waals surface area contributed by atoms with E-state index in [1.54, 1.807) is 17.0 Å². The van der Waals surface area contributed by atoms with Crippen LogP contribution in [0.3, 0.4) is 0 Å². The lowest BCUT2D eigenvalue weighted by Gasteiger charge is -2.24. The van der Waals surface area contributed by atoms with Crippen molar-refractivity contribution in [3.05, 3.63) is 30.1 Å². The first kappa shape index (κ1) is 12.0. The zero-order chi connectivity index (χ0) is 12.4. The molecular weight excluding hydrogens is 219 g/mol. The Morgan fingerprint density at radius 1 is 1.29 bits per heavy atom. The Morgan fingerprint density at radius 3 is 2.59 bits per heavy atom. The van der Waals surface area contributed by atoms with Crippen LogP contribution in [0.5, 0.6) is 0 Å². The zero-order valence-electron chi connectivity index (χ0n) is 10.1. The highest BCUT2D eigenvalue weighted by molar-refractivity contribution is 5.97. The molecule has 2 atom stereocenters. The number of halogens is 1. The van der Waals surface area contributed by atoms with Gasteiger partial charge in [-0.3, -0.25) is 4.79 Å². The molecule has 1 fully saturated rings. The van der Waals surface area contributed by atoms with Crippen LogP contribution >= 0.6 is 0 Å². The van der Waals surface area contributed by atoms with Crippen LogP contribution in [0.1, 0.15) is 13.8 Å². The number of nitrogens with zero attached hydrogens (tertiary/aromatic N) is 1. The van der Waals surface area contributed by atoms with Crippen LogP contribution in [0.4, 0.5) is 10.1 Å². The van der Waals surface area contributed by atoms with E-state index in [4.69, 9.17) is 0 Å². The molecule has 0 radical (unpaired) electrons. The highest BCUT2D eigenvalue weighted by Gasteiger charge is 2.27. The Balaban J connectivity index is 2.27. The van der Waals surface area contributed by atoms with Crippen LogP contribution in [0, 0.1) is 11.7 Å². The van der Waals surface area contributed by atoms with Gasteiger partial charge in [0.05, 0.1) is 6.04 Å². The molecular formula is C13H17FN2O. The van der Waals surface area contributed by atoms with Crippen molar-refractivity contribution in [1.29, 1.82) is 0 Å². The largest absolute Gasteiger partial charge is 0.311 e. The summed E-state index contributed by atoms with van der Waals surface area (Å²) in [6, 6.07) is 5.88. The summed E-state index contributed by atoms with van der Waals surface area (Å²) in [4.78, 5) is 13.9. The van der Waals surface area contributed by atoms with Gasteiger partial charge in [-0.05, 0) is 37.1 Å². The van der Waals surface area contributed by atoms with Gasteiger partial charge in [0.1, 0.15) is 5.82 Å². The summed E-state index contributed by atoms with van der Waals surface area (Å²) in [5.74, 6) is 0.144. The Bertz CT molecular complexity index is 404. The normalized spacial score (nSPS) is 25.8. The predicted octanol–water partition coefficient (Wildman–Crippen LogP) is 1.79. The van der Waals surface area contributed by atoms with Crippen LogP contribution in [0.25, 0.3) is 0 Å². The van der Waals surface area contributed by atoms with Crippen molar-refractivity contribution in [3.8, 4) is 0 Å². The molecule has 2 unspecified atom stereocenters. The lowest BCUT2D eigenvalue weighted by Crippen LogP contribution is -2.41. The van der Waals surface area contributed by atoms with Gasteiger partial charge in [-0.1, -0.05) is 6.92 Å². The molecule has 1 aromatic carbocycles. The average molecular weight is 236 g/mol. The molecule has 0 saturated carbocycles. The first-order chi connectivity index (χ1) is 8.08. The smallest absolute Gasteiger partial charge is 0.243 e. The first-order valence-corrected chi connectivity index (χ1v) is 5.88. The number of carbonyl (C=O) groups is 1. The van der Waals surface area contributed by atoms with Gasteiger partial charge >= 0.3 is 0 Å². The fraction of sp³-hybridized carbons (Fsp3) is 0.462. The second kappa shape index (κ2) is 4.84. The zero-order valence-corrected chi connectivity index (χ0v) is 10.1. The predicted molar refractivity (Wildman–Crippen MR) is 65.4 cm³/mol. The van der Waals surface area contributed by atoms with Gasteiger partial charge < -0.3 is 10.2 Å².